The molecule has 0 unspecified atom stereocenters. The normalized spacial score (nSPS) is 15.6. The quantitative estimate of drug-likeness (QED) is 0.521. The Morgan fingerprint density at radius 2 is 1.54 bits per heavy atom. The molecule has 1 fully saturated rings. The van der Waals surface area contributed by atoms with E-state index in [-0.39, 0.29) is 11.9 Å². The van der Waals surface area contributed by atoms with Gasteiger partial charge in [0, 0.05) is 31.9 Å². The van der Waals surface area contributed by atoms with E-state index >= 15 is 0 Å². The van der Waals surface area contributed by atoms with Crippen molar-refractivity contribution in [1.82, 2.24) is 15.2 Å². The molecule has 1 aliphatic heterocycles. The van der Waals surface area contributed by atoms with Crippen molar-refractivity contribution >= 4 is 11.7 Å². The first-order valence-electron chi connectivity index (χ1n) is 13.4. The molecule has 0 atom stereocenters. The van der Waals surface area contributed by atoms with Gasteiger partial charge in [-0.05, 0) is 47.4 Å². The van der Waals surface area contributed by atoms with Crippen LogP contribution in [0.25, 0.3) is 0 Å². The fourth-order valence-corrected chi connectivity index (χ4v) is 5.68. The topological polar surface area (TPSA) is 72.3 Å². The molecule has 3 aromatic rings. The van der Waals surface area contributed by atoms with E-state index in [4.69, 9.17) is 4.98 Å². The van der Waals surface area contributed by atoms with Crippen molar-refractivity contribution in [2.24, 2.45) is 0 Å². The minimum absolute atomic E-state index is 0.0154. The van der Waals surface area contributed by atoms with Gasteiger partial charge in [0.05, 0.1) is 18.2 Å². The van der Waals surface area contributed by atoms with Crippen molar-refractivity contribution < 1.29 is 4.79 Å². The molecule has 2 heterocycles. The number of nitriles is 1. The highest BCUT2D eigenvalue weighted by atomic mass is 16.2. The van der Waals surface area contributed by atoms with Gasteiger partial charge >= 0.3 is 0 Å². The van der Waals surface area contributed by atoms with E-state index in [0.717, 1.165) is 73.6 Å². The molecule has 5 rings (SSSR count). The maximum Gasteiger partial charge on any atom is 0.234 e. The smallest absolute Gasteiger partial charge is 0.234 e. The van der Waals surface area contributed by atoms with E-state index in [0.29, 0.717) is 12.5 Å². The zero-order chi connectivity index (χ0) is 25.8. The van der Waals surface area contributed by atoms with Crippen LogP contribution in [0.4, 0.5) is 5.82 Å². The van der Waals surface area contributed by atoms with Gasteiger partial charge in [-0.3, -0.25) is 9.69 Å². The van der Waals surface area contributed by atoms with Crippen molar-refractivity contribution in [2.75, 3.05) is 37.6 Å². The fraction of sp³-hybridized carbons (Fsp3) is 0.387. The predicted molar refractivity (Wildman–Crippen MR) is 147 cm³/mol. The molecular weight excluding hydrogens is 458 g/mol. The lowest BCUT2D eigenvalue weighted by Gasteiger charge is -2.36. The van der Waals surface area contributed by atoms with Crippen molar-refractivity contribution in [2.45, 2.75) is 45.1 Å². The molecule has 1 amide bonds. The molecule has 1 aliphatic carbocycles. The zero-order valence-corrected chi connectivity index (χ0v) is 21.8. The number of carbonyl (C=O) groups excluding carboxylic acids is 1. The van der Waals surface area contributed by atoms with Gasteiger partial charge in [0.2, 0.25) is 5.91 Å². The summed E-state index contributed by atoms with van der Waals surface area (Å²) < 4.78 is 0. The monoisotopic (exact) mass is 493 g/mol. The summed E-state index contributed by atoms with van der Waals surface area (Å²) in [6.45, 7) is 7.75. The van der Waals surface area contributed by atoms with Gasteiger partial charge in [0.15, 0.2) is 0 Å². The summed E-state index contributed by atoms with van der Waals surface area (Å²) in [5.41, 5.74) is 6.56. The van der Waals surface area contributed by atoms with Crippen LogP contribution in [0, 0.1) is 11.3 Å². The first kappa shape index (κ1) is 25.0. The number of amides is 1. The lowest BCUT2D eigenvalue weighted by Crippen LogP contribution is -2.50. The van der Waals surface area contributed by atoms with Crippen LogP contribution < -0.4 is 10.2 Å². The average Bonchev–Trinajstić information content (AvgIpc) is 3.42. The number of carbonyl (C=O) groups is 1. The molecule has 6 nitrogen and oxygen atoms in total. The van der Waals surface area contributed by atoms with E-state index in [1.807, 2.05) is 36.4 Å². The Hall–Kier alpha value is -3.69. The maximum atomic E-state index is 13.1. The summed E-state index contributed by atoms with van der Waals surface area (Å²) in [4.78, 5) is 22.6. The van der Waals surface area contributed by atoms with E-state index in [2.05, 4.69) is 59.3 Å². The van der Waals surface area contributed by atoms with Gasteiger partial charge in [-0.15, -0.1) is 0 Å². The standard InChI is InChI=1S/C31H35N5O/c1-22(2)29-26-15-9-14-25(26)27(20-32)31(34-29)36-18-16-35(17-19-36)21-28(37)33-30(23-10-5-3-6-11-23)24-12-7-4-8-13-24/h3-8,10-13,22,30H,9,14-19,21H2,1-2H3,(H,33,37). The van der Waals surface area contributed by atoms with Gasteiger partial charge < -0.3 is 10.2 Å². The third kappa shape index (κ3) is 5.38. The highest BCUT2D eigenvalue weighted by Crippen LogP contribution is 2.36. The van der Waals surface area contributed by atoms with Gasteiger partial charge in [-0.1, -0.05) is 74.5 Å². The second-order valence-electron chi connectivity index (χ2n) is 10.4. The number of hydrogen-bond acceptors (Lipinski definition) is 5. The summed E-state index contributed by atoms with van der Waals surface area (Å²) >= 11 is 0. The lowest BCUT2D eigenvalue weighted by atomic mass is 9.97. The minimum atomic E-state index is -0.181. The van der Waals surface area contributed by atoms with Crippen molar-refractivity contribution in [3.8, 4) is 6.07 Å². The number of nitrogens with one attached hydrogen (secondary N) is 1. The van der Waals surface area contributed by atoms with Crippen LogP contribution in [0.3, 0.4) is 0 Å². The molecule has 1 N–H and O–H groups in total. The Labute approximate surface area is 219 Å². The number of pyridine rings is 1. The number of rotatable bonds is 7. The Morgan fingerprint density at radius 1 is 0.946 bits per heavy atom. The lowest BCUT2D eigenvalue weighted by molar-refractivity contribution is -0.122. The predicted octanol–water partition coefficient (Wildman–Crippen LogP) is 4.59. The average molecular weight is 494 g/mol. The van der Waals surface area contributed by atoms with Gasteiger partial charge in [0.25, 0.3) is 0 Å². The zero-order valence-electron chi connectivity index (χ0n) is 21.8. The second kappa shape index (κ2) is 11.1. The van der Waals surface area contributed by atoms with Crippen molar-refractivity contribution in [3.05, 3.63) is 94.2 Å². The maximum absolute atomic E-state index is 13.1. The first-order valence-corrected chi connectivity index (χ1v) is 13.4. The Bertz CT molecular complexity index is 1230. The van der Waals surface area contributed by atoms with Crippen LogP contribution in [0.1, 0.15) is 65.7 Å². The molecule has 0 radical (unpaired) electrons. The van der Waals surface area contributed by atoms with E-state index in [1.165, 1.54) is 11.1 Å². The molecule has 1 aromatic heterocycles. The van der Waals surface area contributed by atoms with Crippen LogP contribution in [0.15, 0.2) is 60.7 Å². The van der Waals surface area contributed by atoms with Crippen LogP contribution in [-0.4, -0.2) is 48.5 Å². The summed E-state index contributed by atoms with van der Waals surface area (Å²) in [6, 6.07) is 22.5. The van der Waals surface area contributed by atoms with E-state index < -0.39 is 0 Å². The Morgan fingerprint density at radius 3 is 2.11 bits per heavy atom. The molecular formula is C31H35N5O. The summed E-state index contributed by atoms with van der Waals surface area (Å²) in [6.07, 6.45) is 3.10. The number of benzene rings is 2. The molecule has 1 saturated heterocycles. The number of nitrogens with zero attached hydrogens (tertiary/aromatic N) is 4. The third-order valence-electron chi connectivity index (χ3n) is 7.55. The SMILES string of the molecule is CC(C)c1nc(N2CCN(CC(=O)NC(c3ccccc3)c3ccccc3)CC2)c(C#N)c2c1CCC2. The molecule has 0 spiro atoms. The van der Waals surface area contributed by atoms with Crippen LogP contribution in [0.5, 0.6) is 0 Å². The molecule has 6 heteroatoms. The number of piperazine rings is 1. The third-order valence-corrected chi connectivity index (χ3v) is 7.55. The number of anilines is 1. The van der Waals surface area contributed by atoms with Gasteiger partial charge in [-0.25, -0.2) is 4.98 Å². The van der Waals surface area contributed by atoms with Crippen molar-refractivity contribution in [3.63, 3.8) is 0 Å². The van der Waals surface area contributed by atoms with Gasteiger partial charge in [-0.2, -0.15) is 5.26 Å². The second-order valence-corrected chi connectivity index (χ2v) is 10.4. The summed E-state index contributed by atoms with van der Waals surface area (Å²) in [5, 5.41) is 13.3. The van der Waals surface area contributed by atoms with Crippen molar-refractivity contribution in [1.29, 1.82) is 5.26 Å². The summed E-state index contributed by atoms with van der Waals surface area (Å²) in [5.74, 6) is 1.19. The van der Waals surface area contributed by atoms with Gasteiger partial charge in [0.1, 0.15) is 11.9 Å². The Balaban J connectivity index is 1.26. The van der Waals surface area contributed by atoms with Crippen LogP contribution >= 0.6 is 0 Å². The molecule has 190 valence electrons. The number of aromatic nitrogens is 1. The molecule has 37 heavy (non-hydrogen) atoms. The number of fused-ring (bicyclic) bond motifs is 1. The molecule has 2 aliphatic rings. The molecule has 0 bridgehead atoms. The first-order chi connectivity index (χ1) is 18.0. The van der Waals surface area contributed by atoms with Crippen LogP contribution in [-0.2, 0) is 17.6 Å². The molecule has 2 aromatic carbocycles. The van der Waals surface area contributed by atoms with E-state index in [9.17, 15) is 10.1 Å². The Kier molecular flexibility index (Phi) is 7.52. The number of hydrogen-bond donors (Lipinski definition) is 1. The highest BCUT2D eigenvalue weighted by molar-refractivity contribution is 5.79. The minimum Gasteiger partial charge on any atom is -0.353 e. The molecule has 0 saturated carbocycles. The summed E-state index contributed by atoms with van der Waals surface area (Å²) in [7, 11) is 0. The largest absolute Gasteiger partial charge is 0.353 e. The highest BCUT2D eigenvalue weighted by Gasteiger charge is 2.29. The van der Waals surface area contributed by atoms with E-state index in [1.54, 1.807) is 0 Å². The fourth-order valence-electron chi connectivity index (χ4n) is 5.68. The van der Waals surface area contributed by atoms with Crippen LogP contribution in [0.2, 0.25) is 0 Å².